The lowest BCUT2D eigenvalue weighted by Crippen LogP contribution is -2.13. The van der Waals surface area contributed by atoms with E-state index < -0.39 is 0 Å². The summed E-state index contributed by atoms with van der Waals surface area (Å²) in [5, 5.41) is 17.9. The summed E-state index contributed by atoms with van der Waals surface area (Å²) >= 11 is 0. The van der Waals surface area contributed by atoms with E-state index in [2.05, 4.69) is 244 Å². The number of hydrogen-bond donors (Lipinski definition) is 0. The topological polar surface area (TPSA) is 3.24 Å². The van der Waals surface area contributed by atoms with Crippen molar-refractivity contribution in [3.63, 3.8) is 0 Å². The van der Waals surface area contributed by atoms with Gasteiger partial charge in [0.15, 0.2) is 0 Å². The molecule has 0 fully saturated rings. The van der Waals surface area contributed by atoms with Crippen LogP contribution >= 0.6 is 0 Å². The summed E-state index contributed by atoms with van der Waals surface area (Å²) in [6.07, 6.45) is 9.22. The predicted octanol–water partition coefficient (Wildman–Crippen LogP) is 19.0. The van der Waals surface area contributed by atoms with Gasteiger partial charge in [-0.2, -0.15) is 0 Å². The smallest absolute Gasteiger partial charge is 0.0540 e. The standard InChI is InChI=1S/C66H49N/c1-66(2,3)46-32-34-47(35-33-46)67(60-39-38-54-52-29-16-25-44-24-15-28-51(61(44)52)53-30-17-31-56(60)63(53)54)48-36-37-55-59(40-48)49-26-13-14-27-50(49)64-58(43-20-9-5-10-21-43)41-57(42-18-7-4-8-19-42)62(65(55)64)45-22-11-6-12-23-45/h5-7,9-41H,4,8H2,1-3H3. The molecule has 67 heavy (non-hydrogen) atoms. The molecule has 0 saturated heterocycles. The van der Waals surface area contributed by atoms with E-state index >= 15 is 0 Å². The van der Waals surface area contributed by atoms with Crippen molar-refractivity contribution in [1.29, 1.82) is 0 Å². The van der Waals surface area contributed by atoms with Gasteiger partial charge in [0, 0.05) is 16.8 Å². The first-order valence-electron chi connectivity index (χ1n) is 23.8. The number of nitrogens with zero attached hydrogens (tertiary/aromatic N) is 1. The third-order valence-electron chi connectivity index (χ3n) is 14.5. The van der Waals surface area contributed by atoms with Gasteiger partial charge in [-0.05, 0) is 164 Å². The molecule has 12 aromatic rings. The van der Waals surface area contributed by atoms with Crippen LogP contribution < -0.4 is 4.90 Å². The molecule has 1 heteroatoms. The SMILES string of the molecule is CC(C)(C)c1ccc(N(c2ccc3c(c2)c2ccccc2c2c(-c4ccccc4)cc(C4=CCCC=C4)c(-c4ccccc4)c32)c2ccc3c4cccc5cccc(c6cccc2c63)c54)cc1. The summed E-state index contributed by atoms with van der Waals surface area (Å²) in [5.41, 5.74) is 12.3. The molecule has 0 N–H and O–H groups in total. The molecule has 12 aromatic carbocycles. The van der Waals surface area contributed by atoms with Crippen LogP contribution in [0.25, 0.3) is 103 Å². The van der Waals surface area contributed by atoms with Gasteiger partial charge < -0.3 is 4.90 Å². The first kappa shape index (κ1) is 39.4. The van der Waals surface area contributed by atoms with Crippen LogP contribution in [0.4, 0.5) is 17.1 Å². The maximum absolute atomic E-state index is 2.51. The molecule has 0 aliphatic heterocycles. The molecule has 1 aliphatic carbocycles. The minimum Gasteiger partial charge on any atom is -0.310 e. The van der Waals surface area contributed by atoms with Crippen molar-refractivity contribution in [1.82, 2.24) is 0 Å². The van der Waals surface area contributed by atoms with Crippen LogP contribution in [0.15, 0.2) is 218 Å². The van der Waals surface area contributed by atoms with Crippen molar-refractivity contribution < 1.29 is 0 Å². The number of allylic oxidation sites excluding steroid dienone is 4. The first-order valence-corrected chi connectivity index (χ1v) is 23.8. The first-order chi connectivity index (χ1) is 32.9. The molecule has 0 unspecified atom stereocenters. The Morgan fingerprint density at radius 3 is 1.66 bits per heavy atom. The Balaban J connectivity index is 1.15. The highest BCUT2D eigenvalue weighted by atomic mass is 15.1. The van der Waals surface area contributed by atoms with Crippen LogP contribution in [0.2, 0.25) is 0 Å². The minimum absolute atomic E-state index is 0.0261. The normalized spacial score (nSPS) is 13.2. The summed E-state index contributed by atoms with van der Waals surface area (Å²) in [6.45, 7) is 6.88. The lowest BCUT2D eigenvalue weighted by atomic mass is 9.80. The zero-order valence-corrected chi connectivity index (χ0v) is 38.1. The molecule has 13 rings (SSSR count). The molecule has 0 heterocycles. The van der Waals surface area contributed by atoms with Crippen molar-refractivity contribution in [3.05, 3.63) is 230 Å². The van der Waals surface area contributed by atoms with Gasteiger partial charge in [0.1, 0.15) is 0 Å². The molecule has 0 bridgehead atoms. The Morgan fingerprint density at radius 1 is 0.388 bits per heavy atom. The van der Waals surface area contributed by atoms with Gasteiger partial charge in [-0.1, -0.05) is 203 Å². The van der Waals surface area contributed by atoms with Crippen LogP contribution in [0.3, 0.4) is 0 Å². The molecular weight excluding hydrogens is 807 g/mol. The highest BCUT2D eigenvalue weighted by Gasteiger charge is 2.25. The highest BCUT2D eigenvalue weighted by molar-refractivity contribution is 6.35. The van der Waals surface area contributed by atoms with Crippen molar-refractivity contribution in [2.75, 3.05) is 4.90 Å². The Hall–Kier alpha value is -8.00. The van der Waals surface area contributed by atoms with E-state index in [0.717, 1.165) is 29.9 Å². The van der Waals surface area contributed by atoms with E-state index in [1.54, 1.807) is 0 Å². The van der Waals surface area contributed by atoms with Crippen molar-refractivity contribution in [3.8, 4) is 22.3 Å². The van der Waals surface area contributed by atoms with Gasteiger partial charge in [0.25, 0.3) is 0 Å². The van der Waals surface area contributed by atoms with Crippen molar-refractivity contribution in [2.24, 2.45) is 0 Å². The molecule has 0 spiro atoms. The van der Waals surface area contributed by atoms with E-state index in [9.17, 15) is 0 Å². The van der Waals surface area contributed by atoms with Gasteiger partial charge in [0.2, 0.25) is 0 Å². The fraction of sp³-hybridized carbons (Fsp3) is 0.0909. The van der Waals surface area contributed by atoms with Crippen LogP contribution in [-0.2, 0) is 5.41 Å². The largest absolute Gasteiger partial charge is 0.310 e. The van der Waals surface area contributed by atoms with E-state index in [0.29, 0.717) is 0 Å². The Kier molecular flexibility index (Phi) is 8.99. The van der Waals surface area contributed by atoms with Gasteiger partial charge in [-0.15, -0.1) is 0 Å². The van der Waals surface area contributed by atoms with Crippen LogP contribution in [0, 0.1) is 0 Å². The van der Waals surface area contributed by atoms with Crippen LogP contribution in [0.1, 0.15) is 44.7 Å². The van der Waals surface area contributed by atoms with Crippen molar-refractivity contribution in [2.45, 2.75) is 39.0 Å². The maximum Gasteiger partial charge on any atom is 0.0540 e. The lowest BCUT2D eigenvalue weighted by Gasteiger charge is -2.29. The Morgan fingerprint density at radius 2 is 0.955 bits per heavy atom. The lowest BCUT2D eigenvalue weighted by molar-refractivity contribution is 0.590. The maximum atomic E-state index is 2.51. The summed E-state index contributed by atoms with van der Waals surface area (Å²) in [5.74, 6) is 0. The van der Waals surface area contributed by atoms with Gasteiger partial charge in [0.05, 0.1) is 5.69 Å². The second-order valence-corrected chi connectivity index (χ2v) is 19.4. The van der Waals surface area contributed by atoms with Crippen molar-refractivity contribution >= 4 is 98.0 Å². The second-order valence-electron chi connectivity index (χ2n) is 19.4. The molecular formula is C66H49N. The molecule has 1 nitrogen and oxygen atoms in total. The van der Waals surface area contributed by atoms with Gasteiger partial charge >= 0.3 is 0 Å². The van der Waals surface area contributed by atoms with Crippen LogP contribution in [0.5, 0.6) is 0 Å². The Labute approximate surface area is 391 Å². The van der Waals surface area contributed by atoms with Crippen LogP contribution in [-0.4, -0.2) is 0 Å². The van der Waals surface area contributed by atoms with E-state index in [1.807, 2.05) is 0 Å². The zero-order chi connectivity index (χ0) is 44.8. The summed E-state index contributed by atoms with van der Waals surface area (Å²) in [6, 6.07) is 75.4. The zero-order valence-electron chi connectivity index (χ0n) is 38.1. The average molecular weight is 856 g/mol. The fourth-order valence-electron chi connectivity index (χ4n) is 11.4. The summed E-state index contributed by atoms with van der Waals surface area (Å²) in [4.78, 5) is 2.51. The summed E-state index contributed by atoms with van der Waals surface area (Å²) in [7, 11) is 0. The number of fused-ring (bicyclic) bond motifs is 8. The quantitative estimate of drug-likeness (QED) is 0.119. The molecule has 0 radical (unpaired) electrons. The third-order valence-corrected chi connectivity index (χ3v) is 14.5. The van der Waals surface area contributed by atoms with E-state index in [1.165, 1.54) is 114 Å². The number of hydrogen-bond acceptors (Lipinski definition) is 1. The predicted molar refractivity (Wildman–Crippen MR) is 291 cm³/mol. The van der Waals surface area contributed by atoms with E-state index in [-0.39, 0.29) is 5.41 Å². The van der Waals surface area contributed by atoms with E-state index in [4.69, 9.17) is 0 Å². The second kappa shape index (κ2) is 15.3. The molecule has 318 valence electrons. The highest BCUT2D eigenvalue weighted by Crippen LogP contribution is 2.51. The fourth-order valence-corrected chi connectivity index (χ4v) is 11.4. The molecule has 1 aliphatic rings. The summed E-state index contributed by atoms with van der Waals surface area (Å²) < 4.78 is 0. The number of benzene rings is 12. The van der Waals surface area contributed by atoms with Gasteiger partial charge in [-0.25, -0.2) is 0 Å². The minimum atomic E-state index is 0.0261. The van der Waals surface area contributed by atoms with Gasteiger partial charge in [-0.3, -0.25) is 0 Å². The monoisotopic (exact) mass is 855 g/mol. The molecule has 0 aromatic heterocycles. The molecule has 0 saturated carbocycles. The Bertz CT molecular complexity index is 3930. The molecule has 0 amide bonds. The average Bonchev–Trinajstić information content (AvgIpc) is 3.38. The molecule has 0 atom stereocenters. The number of rotatable bonds is 6. The number of anilines is 3. The third kappa shape index (κ3) is 6.22.